The molecule has 1 aliphatic carbocycles. The Morgan fingerprint density at radius 3 is 2.65 bits per heavy atom. The maximum absolute atomic E-state index is 10.6. The van der Waals surface area contributed by atoms with E-state index < -0.39 is 0 Å². The standard InChI is InChI=1S/C17H23BrO2/c18-15-5-3-13(4-6-15)11-16(19)14-7-10-20-17(12-14)8-1-2-9-17/h3-6,14,16,19H,1-2,7-12H2. The van der Waals surface area contributed by atoms with Crippen LogP contribution in [0.25, 0.3) is 0 Å². The molecule has 1 aliphatic heterocycles. The van der Waals surface area contributed by atoms with Crippen LogP contribution < -0.4 is 0 Å². The van der Waals surface area contributed by atoms with Gasteiger partial charge in [0.1, 0.15) is 0 Å². The summed E-state index contributed by atoms with van der Waals surface area (Å²) in [6, 6.07) is 8.28. The van der Waals surface area contributed by atoms with Crippen molar-refractivity contribution >= 4 is 15.9 Å². The van der Waals surface area contributed by atoms with Crippen LogP contribution in [0.1, 0.15) is 44.1 Å². The predicted octanol–water partition coefficient (Wildman–Crippen LogP) is 4.09. The van der Waals surface area contributed by atoms with Crippen molar-refractivity contribution in [1.29, 1.82) is 0 Å². The third kappa shape index (κ3) is 3.26. The first kappa shape index (κ1) is 14.6. The summed E-state index contributed by atoms with van der Waals surface area (Å²) >= 11 is 3.45. The van der Waals surface area contributed by atoms with Crippen LogP contribution >= 0.6 is 15.9 Å². The molecule has 0 amide bonds. The molecule has 1 spiro atoms. The molecule has 1 aromatic carbocycles. The number of aliphatic hydroxyl groups excluding tert-OH is 1. The number of benzene rings is 1. The molecule has 0 radical (unpaired) electrons. The lowest BCUT2D eigenvalue weighted by molar-refractivity contribution is -0.112. The average Bonchev–Trinajstić information content (AvgIpc) is 2.89. The van der Waals surface area contributed by atoms with Crippen molar-refractivity contribution in [1.82, 2.24) is 0 Å². The molecule has 2 unspecified atom stereocenters. The summed E-state index contributed by atoms with van der Waals surface area (Å²) in [6.07, 6.45) is 7.52. The van der Waals surface area contributed by atoms with E-state index in [0.29, 0.717) is 5.92 Å². The van der Waals surface area contributed by atoms with Crippen LogP contribution in [0.15, 0.2) is 28.7 Å². The summed E-state index contributed by atoms with van der Waals surface area (Å²) < 4.78 is 7.14. The minimum Gasteiger partial charge on any atom is -0.392 e. The van der Waals surface area contributed by atoms with Crippen molar-refractivity contribution in [2.24, 2.45) is 5.92 Å². The summed E-state index contributed by atoms with van der Waals surface area (Å²) in [7, 11) is 0. The van der Waals surface area contributed by atoms with E-state index in [0.717, 1.165) is 30.3 Å². The first-order chi connectivity index (χ1) is 9.67. The first-order valence-corrected chi connectivity index (χ1v) is 8.53. The predicted molar refractivity (Wildman–Crippen MR) is 83.7 cm³/mol. The molecule has 3 rings (SSSR count). The van der Waals surface area contributed by atoms with Crippen LogP contribution in [0.3, 0.4) is 0 Å². The summed E-state index contributed by atoms with van der Waals surface area (Å²) in [5, 5.41) is 10.6. The Hall–Kier alpha value is -0.380. The fourth-order valence-electron chi connectivity index (χ4n) is 3.79. The number of hydrogen-bond donors (Lipinski definition) is 1. The third-order valence-corrected chi connectivity index (χ3v) is 5.48. The molecule has 1 N–H and O–H groups in total. The van der Waals surface area contributed by atoms with Crippen molar-refractivity contribution in [3.63, 3.8) is 0 Å². The second-order valence-corrected chi connectivity index (χ2v) is 7.31. The Morgan fingerprint density at radius 2 is 1.95 bits per heavy atom. The second kappa shape index (κ2) is 6.17. The number of halogens is 1. The maximum atomic E-state index is 10.6. The van der Waals surface area contributed by atoms with Gasteiger partial charge in [0.25, 0.3) is 0 Å². The van der Waals surface area contributed by atoms with Crippen LogP contribution in [0.4, 0.5) is 0 Å². The number of aliphatic hydroxyl groups is 1. The van der Waals surface area contributed by atoms with Gasteiger partial charge in [-0.25, -0.2) is 0 Å². The molecule has 1 heterocycles. The molecule has 2 aliphatic rings. The average molecular weight is 339 g/mol. The maximum Gasteiger partial charge on any atom is 0.0686 e. The minimum atomic E-state index is -0.238. The smallest absolute Gasteiger partial charge is 0.0686 e. The van der Waals surface area contributed by atoms with Gasteiger partial charge in [0.05, 0.1) is 11.7 Å². The largest absolute Gasteiger partial charge is 0.392 e. The molecule has 0 bridgehead atoms. The van der Waals surface area contributed by atoms with Gasteiger partial charge in [-0.3, -0.25) is 0 Å². The van der Waals surface area contributed by atoms with Crippen LogP contribution in [0.5, 0.6) is 0 Å². The highest BCUT2D eigenvalue weighted by molar-refractivity contribution is 9.10. The van der Waals surface area contributed by atoms with Gasteiger partial charge in [-0.1, -0.05) is 40.9 Å². The lowest BCUT2D eigenvalue weighted by Crippen LogP contribution is -2.41. The summed E-state index contributed by atoms with van der Waals surface area (Å²) in [4.78, 5) is 0. The molecule has 2 atom stereocenters. The molecule has 0 aromatic heterocycles. The zero-order chi connectivity index (χ0) is 14.0. The SMILES string of the molecule is OC(Cc1ccc(Br)cc1)C1CCOC2(CCCC2)C1. The highest BCUT2D eigenvalue weighted by atomic mass is 79.9. The van der Waals surface area contributed by atoms with E-state index in [9.17, 15) is 5.11 Å². The van der Waals surface area contributed by atoms with Crippen molar-refractivity contribution in [3.05, 3.63) is 34.3 Å². The fraction of sp³-hybridized carbons (Fsp3) is 0.647. The van der Waals surface area contributed by atoms with E-state index in [1.54, 1.807) is 0 Å². The third-order valence-electron chi connectivity index (χ3n) is 4.95. The van der Waals surface area contributed by atoms with E-state index in [-0.39, 0.29) is 11.7 Å². The Balaban J connectivity index is 1.61. The van der Waals surface area contributed by atoms with E-state index in [2.05, 4.69) is 28.1 Å². The van der Waals surface area contributed by atoms with Crippen molar-refractivity contribution in [2.75, 3.05) is 6.61 Å². The molecular weight excluding hydrogens is 316 g/mol. The highest BCUT2D eigenvalue weighted by Gasteiger charge is 2.41. The molecule has 1 saturated heterocycles. The molecule has 3 heteroatoms. The number of ether oxygens (including phenoxy) is 1. The first-order valence-electron chi connectivity index (χ1n) is 7.73. The van der Waals surface area contributed by atoms with Gasteiger partial charge < -0.3 is 9.84 Å². The Labute approximate surface area is 129 Å². The quantitative estimate of drug-likeness (QED) is 0.899. The highest BCUT2D eigenvalue weighted by Crippen LogP contribution is 2.43. The van der Waals surface area contributed by atoms with Gasteiger partial charge in [-0.2, -0.15) is 0 Å². The second-order valence-electron chi connectivity index (χ2n) is 6.39. The number of rotatable bonds is 3. The summed E-state index contributed by atoms with van der Waals surface area (Å²) in [5.41, 5.74) is 1.32. The Kier molecular flexibility index (Phi) is 4.49. The normalized spacial score (nSPS) is 26.8. The number of hydrogen-bond acceptors (Lipinski definition) is 2. The molecule has 2 nitrogen and oxygen atoms in total. The monoisotopic (exact) mass is 338 g/mol. The van der Waals surface area contributed by atoms with E-state index >= 15 is 0 Å². The van der Waals surface area contributed by atoms with Gasteiger partial charge in [0.2, 0.25) is 0 Å². The Bertz CT molecular complexity index is 437. The van der Waals surface area contributed by atoms with Crippen LogP contribution in [0, 0.1) is 5.92 Å². The van der Waals surface area contributed by atoms with Gasteiger partial charge in [0, 0.05) is 11.1 Å². The molecule has 1 aromatic rings. The van der Waals surface area contributed by atoms with Gasteiger partial charge in [-0.05, 0) is 55.7 Å². The lowest BCUT2D eigenvalue weighted by Gasteiger charge is -2.40. The zero-order valence-electron chi connectivity index (χ0n) is 11.9. The van der Waals surface area contributed by atoms with Gasteiger partial charge >= 0.3 is 0 Å². The Morgan fingerprint density at radius 1 is 1.25 bits per heavy atom. The summed E-state index contributed by atoms with van der Waals surface area (Å²) in [6.45, 7) is 0.821. The lowest BCUT2D eigenvalue weighted by atomic mass is 9.80. The zero-order valence-corrected chi connectivity index (χ0v) is 13.4. The molecule has 1 saturated carbocycles. The van der Waals surface area contributed by atoms with Crippen molar-refractivity contribution in [2.45, 2.75) is 56.7 Å². The fourth-order valence-corrected chi connectivity index (χ4v) is 4.05. The van der Waals surface area contributed by atoms with E-state index in [1.807, 2.05) is 12.1 Å². The van der Waals surface area contributed by atoms with Gasteiger partial charge in [-0.15, -0.1) is 0 Å². The van der Waals surface area contributed by atoms with E-state index in [4.69, 9.17) is 4.74 Å². The minimum absolute atomic E-state index is 0.101. The van der Waals surface area contributed by atoms with E-state index in [1.165, 1.54) is 31.2 Å². The topological polar surface area (TPSA) is 29.5 Å². The van der Waals surface area contributed by atoms with Crippen LogP contribution in [0.2, 0.25) is 0 Å². The molecule has 20 heavy (non-hydrogen) atoms. The molecule has 110 valence electrons. The van der Waals surface area contributed by atoms with Crippen molar-refractivity contribution < 1.29 is 9.84 Å². The van der Waals surface area contributed by atoms with Gasteiger partial charge in [0.15, 0.2) is 0 Å². The molecular formula is C17H23BrO2. The summed E-state index contributed by atoms with van der Waals surface area (Å²) in [5.74, 6) is 0.394. The van der Waals surface area contributed by atoms with Crippen molar-refractivity contribution in [3.8, 4) is 0 Å². The molecule has 2 fully saturated rings. The van der Waals surface area contributed by atoms with Crippen LogP contribution in [-0.2, 0) is 11.2 Å². The van der Waals surface area contributed by atoms with Crippen LogP contribution in [-0.4, -0.2) is 23.4 Å².